The van der Waals surface area contributed by atoms with Crippen LogP contribution in [0.1, 0.15) is 25.2 Å². The van der Waals surface area contributed by atoms with E-state index in [-0.39, 0.29) is 0 Å². The third-order valence-electron chi connectivity index (χ3n) is 2.32. The minimum absolute atomic E-state index is 0.438. The number of nitrogen functional groups attached to an aromatic ring is 2. The number of carbonyl (C=O) groups is 1. The molecule has 2 rings (SSSR count). The Bertz CT molecular complexity index is 739. The zero-order chi connectivity index (χ0) is 18.1. The van der Waals surface area contributed by atoms with E-state index >= 15 is 0 Å². The SMILES string of the molecule is C/C(=N\O)c1csc(N)n1.C/C(=N\OCC(=O)O)c1csc(N)n1. The van der Waals surface area contributed by atoms with Crippen molar-refractivity contribution in [3.63, 3.8) is 0 Å². The Morgan fingerprint density at radius 2 is 1.67 bits per heavy atom. The number of nitrogens with two attached hydrogens (primary N) is 2. The highest BCUT2D eigenvalue weighted by molar-refractivity contribution is 7.14. The Morgan fingerprint density at radius 1 is 1.17 bits per heavy atom. The van der Waals surface area contributed by atoms with Crippen molar-refractivity contribution in [2.75, 3.05) is 18.1 Å². The molecule has 0 aliphatic heterocycles. The van der Waals surface area contributed by atoms with Crippen LogP contribution in [0, 0.1) is 0 Å². The second-order valence-corrected chi connectivity index (χ2v) is 5.95. The highest BCUT2D eigenvalue weighted by Gasteiger charge is 2.03. The van der Waals surface area contributed by atoms with Gasteiger partial charge in [0.2, 0.25) is 6.61 Å². The molecule has 0 radical (unpaired) electrons. The van der Waals surface area contributed by atoms with Crippen LogP contribution >= 0.6 is 22.7 Å². The third-order valence-corrected chi connectivity index (χ3v) is 3.67. The van der Waals surface area contributed by atoms with Crippen molar-refractivity contribution in [2.45, 2.75) is 13.8 Å². The van der Waals surface area contributed by atoms with Gasteiger partial charge in [-0.05, 0) is 13.8 Å². The number of nitrogens with zero attached hydrogens (tertiary/aromatic N) is 4. The first-order chi connectivity index (χ1) is 11.3. The fourth-order valence-electron chi connectivity index (χ4n) is 1.19. The first-order valence-electron chi connectivity index (χ1n) is 6.33. The highest BCUT2D eigenvalue weighted by Crippen LogP contribution is 2.12. The van der Waals surface area contributed by atoms with E-state index in [0.717, 1.165) is 0 Å². The molecule has 0 bridgehead atoms. The third kappa shape index (κ3) is 6.58. The first kappa shape index (κ1) is 19.3. The lowest BCUT2D eigenvalue weighted by Crippen LogP contribution is -2.05. The normalized spacial score (nSPS) is 11.6. The number of anilines is 2. The number of oxime groups is 2. The van der Waals surface area contributed by atoms with Gasteiger partial charge in [0.1, 0.15) is 22.8 Å². The number of hydrogen-bond acceptors (Lipinski definition) is 11. The van der Waals surface area contributed by atoms with Gasteiger partial charge in [-0.25, -0.2) is 14.8 Å². The van der Waals surface area contributed by atoms with Gasteiger partial charge in [0, 0.05) is 10.8 Å². The van der Waals surface area contributed by atoms with E-state index in [4.69, 9.17) is 21.8 Å². The van der Waals surface area contributed by atoms with Crippen molar-refractivity contribution < 1.29 is 19.9 Å². The van der Waals surface area contributed by atoms with Gasteiger partial charge < -0.3 is 26.6 Å². The van der Waals surface area contributed by atoms with Crippen LogP contribution < -0.4 is 11.5 Å². The van der Waals surface area contributed by atoms with Crippen LogP contribution in [0.5, 0.6) is 0 Å². The second-order valence-electron chi connectivity index (χ2n) is 4.17. The van der Waals surface area contributed by atoms with Crippen LogP contribution in [0.15, 0.2) is 21.1 Å². The number of carboxylic acid groups (broad SMARTS) is 1. The summed E-state index contributed by atoms with van der Waals surface area (Å²) in [6, 6.07) is 0. The lowest BCUT2D eigenvalue weighted by molar-refractivity contribution is -0.142. The molecule has 0 atom stereocenters. The van der Waals surface area contributed by atoms with Crippen LogP contribution in [-0.4, -0.2) is 44.3 Å². The standard InChI is InChI=1S/C7H9N3O3S.C5H7N3OS/c1-4(10-13-2-6(11)12)5-3-14-7(8)9-5;1-3(8-9)4-2-10-5(6)7-4/h3H,2H2,1H3,(H2,8,9)(H,11,12);2,9H,1H3,(H2,6,7)/b10-4+;8-3+. The smallest absolute Gasteiger partial charge is 0.344 e. The molecule has 0 unspecified atom stereocenters. The van der Waals surface area contributed by atoms with E-state index in [1.807, 2.05) is 0 Å². The topological polar surface area (TPSA) is 169 Å². The van der Waals surface area contributed by atoms with E-state index in [1.165, 1.54) is 22.7 Å². The Balaban J connectivity index is 0.000000254. The molecular formula is C12H16N6O4S2. The van der Waals surface area contributed by atoms with E-state index < -0.39 is 12.6 Å². The maximum atomic E-state index is 10.1. The number of aromatic nitrogens is 2. The number of thiazole rings is 2. The number of hydrogen-bond donors (Lipinski definition) is 4. The quantitative estimate of drug-likeness (QED) is 0.347. The van der Waals surface area contributed by atoms with Crippen LogP contribution in [0.4, 0.5) is 10.3 Å². The molecule has 0 saturated heterocycles. The zero-order valence-electron chi connectivity index (χ0n) is 12.8. The number of aliphatic carboxylic acids is 1. The summed E-state index contributed by atoms with van der Waals surface area (Å²) in [6.07, 6.45) is 0. The van der Waals surface area contributed by atoms with Gasteiger partial charge in [-0.1, -0.05) is 10.3 Å². The van der Waals surface area contributed by atoms with Crippen molar-refractivity contribution in [3.8, 4) is 0 Å². The van der Waals surface area contributed by atoms with Crippen molar-refractivity contribution in [2.24, 2.45) is 10.3 Å². The summed E-state index contributed by atoms with van der Waals surface area (Å²) < 4.78 is 0. The van der Waals surface area contributed by atoms with Crippen molar-refractivity contribution in [3.05, 3.63) is 22.1 Å². The first-order valence-corrected chi connectivity index (χ1v) is 8.09. The summed E-state index contributed by atoms with van der Waals surface area (Å²) in [5.41, 5.74) is 13.0. The minimum atomic E-state index is -1.07. The highest BCUT2D eigenvalue weighted by atomic mass is 32.1. The Hall–Kier alpha value is -2.73. The molecule has 0 aliphatic carbocycles. The zero-order valence-corrected chi connectivity index (χ0v) is 14.5. The van der Waals surface area contributed by atoms with Crippen LogP contribution in [-0.2, 0) is 9.63 Å². The van der Waals surface area contributed by atoms with Crippen LogP contribution in [0.25, 0.3) is 0 Å². The van der Waals surface area contributed by atoms with Gasteiger partial charge >= 0.3 is 5.97 Å². The van der Waals surface area contributed by atoms with Crippen LogP contribution in [0.3, 0.4) is 0 Å². The fraction of sp³-hybridized carbons (Fsp3) is 0.250. The maximum Gasteiger partial charge on any atom is 0.344 e. The van der Waals surface area contributed by atoms with Gasteiger partial charge in [-0.3, -0.25) is 0 Å². The number of carboxylic acids is 1. The molecule has 2 aromatic rings. The molecule has 24 heavy (non-hydrogen) atoms. The predicted molar refractivity (Wildman–Crippen MR) is 92.8 cm³/mol. The lowest BCUT2D eigenvalue weighted by atomic mass is 10.3. The summed E-state index contributed by atoms with van der Waals surface area (Å²) >= 11 is 2.61. The maximum absolute atomic E-state index is 10.1. The Morgan fingerprint density at radius 3 is 2.04 bits per heavy atom. The van der Waals surface area contributed by atoms with Crippen molar-refractivity contribution >= 4 is 50.3 Å². The van der Waals surface area contributed by atoms with Crippen molar-refractivity contribution in [1.29, 1.82) is 0 Å². The summed E-state index contributed by atoms with van der Waals surface area (Å²) in [6.45, 7) is 2.86. The van der Waals surface area contributed by atoms with E-state index in [2.05, 4.69) is 25.1 Å². The van der Waals surface area contributed by atoms with Gasteiger partial charge in [0.25, 0.3) is 0 Å². The monoisotopic (exact) mass is 372 g/mol. The summed E-state index contributed by atoms with van der Waals surface area (Å²) in [5, 5.41) is 27.5. The molecule has 130 valence electrons. The van der Waals surface area contributed by atoms with E-state index in [0.29, 0.717) is 33.1 Å². The summed E-state index contributed by atoms with van der Waals surface area (Å²) in [7, 11) is 0. The minimum Gasteiger partial charge on any atom is -0.479 e. The molecule has 0 fully saturated rings. The van der Waals surface area contributed by atoms with Gasteiger partial charge in [0.05, 0.1) is 0 Å². The summed E-state index contributed by atoms with van der Waals surface area (Å²) in [5.74, 6) is -1.07. The number of rotatable bonds is 5. The van der Waals surface area contributed by atoms with E-state index in [9.17, 15) is 4.79 Å². The molecule has 0 aliphatic rings. The molecule has 2 aromatic heterocycles. The lowest BCUT2D eigenvalue weighted by Gasteiger charge is -1.95. The molecular weight excluding hydrogens is 356 g/mol. The molecule has 0 amide bonds. The second kappa shape index (κ2) is 9.42. The molecule has 6 N–H and O–H groups in total. The molecule has 0 spiro atoms. The predicted octanol–water partition coefficient (Wildman–Crippen LogP) is 1.47. The Labute approximate surface area is 145 Å². The molecule has 10 nitrogen and oxygen atoms in total. The van der Waals surface area contributed by atoms with E-state index in [1.54, 1.807) is 24.6 Å². The largest absolute Gasteiger partial charge is 0.479 e. The summed E-state index contributed by atoms with van der Waals surface area (Å²) in [4.78, 5) is 22.5. The Kier molecular flexibility index (Phi) is 7.58. The molecule has 12 heteroatoms. The fourth-order valence-corrected chi connectivity index (χ4v) is 2.40. The van der Waals surface area contributed by atoms with Gasteiger partial charge in [-0.15, -0.1) is 22.7 Å². The van der Waals surface area contributed by atoms with Crippen LogP contribution in [0.2, 0.25) is 0 Å². The molecule has 2 heterocycles. The average molecular weight is 372 g/mol. The molecule has 0 aromatic carbocycles. The van der Waals surface area contributed by atoms with Gasteiger partial charge in [-0.2, -0.15) is 0 Å². The van der Waals surface area contributed by atoms with Gasteiger partial charge in [0.15, 0.2) is 10.3 Å². The van der Waals surface area contributed by atoms with Crippen molar-refractivity contribution in [1.82, 2.24) is 9.97 Å². The average Bonchev–Trinajstić information content (AvgIpc) is 3.15. The molecule has 0 saturated carbocycles.